The highest BCUT2D eigenvalue weighted by Gasteiger charge is 2.30. The third-order valence-corrected chi connectivity index (χ3v) is 3.62. The van der Waals surface area contributed by atoms with Crippen molar-refractivity contribution in [3.8, 4) is 5.75 Å². The topological polar surface area (TPSA) is 79.5 Å². The minimum absolute atomic E-state index is 0.0845. The molecule has 0 spiro atoms. The van der Waals surface area contributed by atoms with Gasteiger partial charge >= 0.3 is 6.36 Å². The molecule has 2 amide bonds. The Hall–Kier alpha value is -3.23. The number of amides is 2. The second kappa shape index (κ2) is 8.43. The summed E-state index contributed by atoms with van der Waals surface area (Å²) in [5.74, 6) is -1.01. The summed E-state index contributed by atoms with van der Waals surface area (Å²) in [5.41, 5.74) is 2.13. The van der Waals surface area contributed by atoms with Crippen molar-refractivity contribution >= 4 is 23.2 Å². The molecular weight excluding hydrogens is 363 g/mol. The third kappa shape index (κ3) is 5.91. The van der Waals surface area contributed by atoms with Gasteiger partial charge in [0.1, 0.15) is 5.75 Å². The van der Waals surface area contributed by atoms with Crippen LogP contribution in [0.5, 0.6) is 5.75 Å². The molecule has 0 aliphatic heterocycles. The van der Waals surface area contributed by atoms with Gasteiger partial charge in [-0.2, -0.15) is 0 Å². The zero-order valence-corrected chi connectivity index (χ0v) is 14.6. The summed E-state index contributed by atoms with van der Waals surface area (Å²) in [4.78, 5) is 23.8. The van der Waals surface area contributed by atoms with Gasteiger partial charge in [-0.15, -0.1) is 13.2 Å². The fourth-order valence-electron chi connectivity index (χ4n) is 2.33. The molecule has 0 fully saturated rings. The molecule has 0 unspecified atom stereocenters. The van der Waals surface area contributed by atoms with E-state index in [4.69, 9.17) is 0 Å². The molecule has 0 bridgehead atoms. The van der Waals surface area contributed by atoms with Crippen molar-refractivity contribution < 1.29 is 27.5 Å². The zero-order chi connectivity index (χ0) is 20.0. The largest absolute Gasteiger partial charge is 0.573 e. The van der Waals surface area contributed by atoms with Gasteiger partial charge < -0.3 is 20.7 Å². The molecule has 144 valence electrons. The molecule has 0 saturated heterocycles. The second-order valence-electron chi connectivity index (χ2n) is 5.53. The maximum atomic E-state index is 12.1. The van der Waals surface area contributed by atoms with Gasteiger partial charge in [-0.05, 0) is 48.9 Å². The molecule has 0 saturated carbocycles. The van der Waals surface area contributed by atoms with E-state index in [2.05, 4.69) is 20.7 Å². The van der Waals surface area contributed by atoms with Crippen LogP contribution < -0.4 is 20.7 Å². The summed E-state index contributed by atoms with van der Waals surface area (Å²) >= 11 is 0. The van der Waals surface area contributed by atoms with E-state index >= 15 is 0 Å². The highest BCUT2D eigenvalue weighted by Crippen LogP contribution is 2.24. The van der Waals surface area contributed by atoms with Gasteiger partial charge in [-0.3, -0.25) is 9.59 Å². The van der Waals surface area contributed by atoms with Crippen LogP contribution in [0.15, 0.2) is 42.5 Å². The van der Waals surface area contributed by atoms with Gasteiger partial charge in [0.15, 0.2) is 0 Å². The summed E-state index contributed by atoms with van der Waals surface area (Å²) in [6.07, 6.45) is -4.77. The van der Waals surface area contributed by atoms with Crippen molar-refractivity contribution in [2.75, 3.05) is 24.2 Å². The fourth-order valence-corrected chi connectivity index (χ4v) is 2.33. The van der Waals surface area contributed by atoms with Crippen molar-refractivity contribution in [2.24, 2.45) is 0 Å². The number of ether oxygens (including phenoxy) is 1. The van der Waals surface area contributed by atoms with Crippen molar-refractivity contribution in [1.82, 2.24) is 5.32 Å². The number of hydrogen-bond acceptors (Lipinski definition) is 4. The van der Waals surface area contributed by atoms with E-state index in [-0.39, 0.29) is 18.2 Å². The molecule has 0 aliphatic rings. The maximum absolute atomic E-state index is 12.1. The van der Waals surface area contributed by atoms with Crippen LogP contribution in [0, 0.1) is 6.92 Å². The van der Waals surface area contributed by atoms with Crippen LogP contribution in [0.1, 0.15) is 15.9 Å². The second-order valence-corrected chi connectivity index (χ2v) is 5.53. The molecule has 0 aromatic heterocycles. The Kier molecular flexibility index (Phi) is 6.27. The van der Waals surface area contributed by atoms with Gasteiger partial charge in [0.2, 0.25) is 5.91 Å². The average molecular weight is 381 g/mol. The van der Waals surface area contributed by atoms with Crippen LogP contribution in [0.25, 0.3) is 0 Å². The minimum atomic E-state index is -4.77. The first-order chi connectivity index (χ1) is 12.7. The molecule has 2 aromatic carbocycles. The molecule has 6 nitrogen and oxygen atoms in total. The molecule has 2 rings (SSSR count). The number of anilines is 2. The van der Waals surface area contributed by atoms with Crippen LogP contribution in [-0.4, -0.2) is 31.8 Å². The van der Waals surface area contributed by atoms with E-state index in [1.54, 1.807) is 25.1 Å². The summed E-state index contributed by atoms with van der Waals surface area (Å²) in [5, 5.41) is 8.02. The number of carbonyl (C=O) groups is 2. The number of rotatable bonds is 6. The number of benzene rings is 2. The monoisotopic (exact) mass is 381 g/mol. The predicted octanol–water partition coefficient (Wildman–Crippen LogP) is 3.30. The van der Waals surface area contributed by atoms with Crippen LogP contribution in [0.3, 0.4) is 0 Å². The van der Waals surface area contributed by atoms with Gasteiger partial charge in [0.25, 0.3) is 5.91 Å². The Morgan fingerprint density at radius 2 is 1.74 bits per heavy atom. The minimum Gasteiger partial charge on any atom is -0.406 e. The third-order valence-electron chi connectivity index (χ3n) is 3.62. The van der Waals surface area contributed by atoms with Crippen LogP contribution in [0.2, 0.25) is 0 Å². The lowest BCUT2D eigenvalue weighted by Gasteiger charge is -2.13. The highest BCUT2D eigenvalue weighted by atomic mass is 19.4. The predicted molar refractivity (Wildman–Crippen MR) is 94.8 cm³/mol. The lowest BCUT2D eigenvalue weighted by atomic mass is 10.1. The quantitative estimate of drug-likeness (QED) is 0.717. The van der Waals surface area contributed by atoms with E-state index in [0.717, 1.165) is 12.1 Å². The molecule has 0 atom stereocenters. The lowest BCUT2D eigenvalue weighted by Crippen LogP contribution is -2.23. The van der Waals surface area contributed by atoms with Crippen LogP contribution in [-0.2, 0) is 4.79 Å². The fraction of sp³-hybridized carbons (Fsp3) is 0.222. The molecule has 9 heteroatoms. The summed E-state index contributed by atoms with van der Waals surface area (Å²) in [6.45, 7) is 1.67. The number of alkyl halides is 3. The molecule has 3 N–H and O–H groups in total. The molecule has 0 heterocycles. The first-order valence-corrected chi connectivity index (χ1v) is 7.91. The molecular formula is C18H18F3N3O3. The molecule has 2 aromatic rings. The van der Waals surface area contributed by atoms with E-state index in [9.17, 15) is 22.8 Å². The number of halogens is 3. The average Bonchev–Trinajstić information content (AvgIpc) is 2.60. The Morgan fingerprint density at radius 3 is 2.33 bits per heavy atom. The summed E-state index contributed by atoms with van der Waals surface area (Å²) < 4.78 is 40.1. The highest BCUT2D eigenvalue weighted by molar-refractivity contribution is 5.97. The number of hydrogen-bond donors (Lipinski definition) is 3. The Balaban J connectivity index is 1.94. The van der Waals surface area contributed by atoms with Gasteiger partial charge in [0.05, 0.1) is 6.54 Å². The Labute approximate surface area is 153 Å². The van der Waals surface area contributed by atoms with Crippen LogP contribution >= 0.6 is 0 Å². The van der Waals surface area contributed by atoms with E-state index in [1.165, 1.54) is 19.2 Å². The summed E-state index contributed by atoms with van der Waals surface area (Å²) in [7, 11) is 1.53. The van der Waals surface area contributed by atoms with Crippen LogP contribution in [0.4, 0.5) is 24.5 Å². The van der Waals surface area contributed by atoms with Gasteiger partial charge in [-0.25, -0.2) is 0 Å². The number of nitrogens with one attached hydrogen (secondary N) is 3. The van der Waals surface area contributed by atoms with E-state index in [0.29, 0.717) is 22.5 Å². The van der Waals surface area contributed by atoms with E-state index < -0.39 is 12.3 Å². The van der Waals surface area contributed by atoms with Crippen molar-refractivity contribution in [1.29, 1.82) is 0 Å². The van der Waals surface area contributed by atoms with Crippen molar-refractivity contribution in [2.45, 2.75) is 13.3 Å². The Bertz CT molecular complexity index is 821. The molecule has 0 aliphatic carbocycles. The first-order valence-electron chi connectivity index (χ1n) is 7.91. The normalized spacial score (nSPS) is 10.9. The van der Waals surface area contributed by atoms with Gasteiger partial charge in [-0.1, -0.05) is 6.07 Å². The first kappa shape index (κ1) is 20.1. The standard InChI is InChI=1S/C18H18F3N3O3/c1-11-14(17(26)22-2)4-3-5-15(11)23-10-16(25)24-12-6-8-13(9-7-12)27-18(19,20)21/h3-9,23H,10H2,1-2H3,(H,22,26)(H,24,25). The SMILES string of the molecule is CNC(=O)c1cccc(NCC(=O)Nc2ccc(OC(F)(F)F)cc2)c1C. The van der Waals surface area contributed by atoms with Crippen molar-refractivity contribution in [3.05, 3.63) is 53.6 Å². The summed E-state index contributed by atoms with van der Waals surface area (Å²) in [6, 6.07) is 9.91. The van der Waals surface area contributed by atoms with Gasteiger partial charge in [0, 0.05) is 24.0 Å². The lowest BCUT2D eigenvalue weighted by molar-refractivity contribution is -0.274. The number of carbonyl (C=O) groups excluding carboxylic acids is 2. The zero-order valence-electron chi connectivity index (χ0n) is 14.6. The smallest absolute Gasteiger partial charge is 0.406 e. The van der Waals surface area contributed by atoms with Crippen molar-refractivity contribution in [3.63, 3.8) is 0 Å². The Morgan fingerprint density at radius 1 is 1.07 bits per heavy atom. The molecule has 0 radical (unpaired) electrons. The molecule has 27 heavy (non-hydrogen) atoms. The van der Waals surface area contributed by atoms with E-state index in [1.807, 2.05) is 0 Å². The maximum Gasteiger partial charge on any atom is 0.573 e.